The normalized spacial score (nSPS) is 8.67. The first kappa shape index (κ1) is 17.5. The zero-order valence-electron chi connectivity index (χ0n) is 8.16. The molecule has 0 aromatic heterocycles. The maximum Gasteiger partial charge on any atom is 0.0751 e. The lowest BCUT2D eigenvalue weighted by Crippen LogP contribution is -2.33. The summed E-state index contributed by atoms with van der Waals surface area (Å²) in [5.41, 5.74) is 0. The van der Waals surface area contributed by atoms with Crippen molar-refractivity contribution in [2.75, 3.05) is 27.7 Å². The molecule has 0 aliphatic rings. The van der Waals surface area contributed by atoms with Crippen LogP contribution in [0.4, 0.5) is 0 Å². The minimum atomic E-state index is -1.23. The first-order valence-corrected chi connectivity index (χ1v) is 3.47. The summed E-state index contributed by atoms with van der Waals surface area (Å²) in [7, 11) is 6.54. The molecule has 0 radical (unpaired) electrons. The van der Waals surface area contributed by atoms with Gasteiger partial charge in [0.05, 0.1) is 33.7 Å². The number of rotatable bonds is 2. The highest BCUT2D eigenvalue weighted by Crippen LogP contribution is 1.83. The maximum absolute atomic E-state index is 9.14. The number of nitrogens with zero attached hydrogens (tertiary/aromatic N) is 1. The number of carboxylic acids is 1. The monoisotopic (exact) mass is 195 g/mol. The Morgan fingerprint density at radius 2 is 1.67 bits per heavy atom. The van der Waals surface area contributed by atoms with Crippen molar-refractivity contribution >= 4 is 18.4 Å². The second-order valence-electron chi connectivity index (χ2n) is 3.13. The van der Waals surface area contributed by atoms with Gasteiger partial charge in [-0.25, -0.2) is 0 Å². The van der Waals surface area contributed by atoms with E-state index in [1.807, 2.05) is 0 Å². The molecule has 12 heavy (non-hydrogen) atoms. The van der Waals surface area contributed by atoms with E-state index in [-0.39, 0.29) is 12.4 Å². The van der Waals surface area contributed by atoms with Crippen LogP contribution in [0.3, 0.4) is 0 Å². The molecule has 0 aliphatic carbocycles. The van der Waals surface area contributed by atoms with E-state index in [9.17, 15) is 0 Å². The summed E-state index contributed by atoms with van der Waals surface area (Å²) in [5.74, 6) is -1.23. The maximum atomic E-state index is 9.14. The van der Waals surface area contributed by atoms with Gasteiger partial charge in [-0.2, -0.15) is 0 Å². The van der Waals surface area contributed by atoms with Crippen LogP contribution in [0.1, 0.15) is 6.92 Å². The lowest BCUT2D eigenvalue weighted by Gasteiger charge is -2.20. The molecule has 0 atom stereocenters. The van der Waals surface area contributed by atoms with Gasteiger partial charge in [0.15, 0.2) is 0 Å². The van der Waals surface area contributed by atoms with Crippen LogP contribution >= 0.6 is 12.4 Å². The second kappa shape index (κ2) is 8.56. The van der Waals surface area contributed by atoms with Crippen molar-refractivity contribution in [2.45, 2.75) is 6.92 Å². The number of carboxylic acid groups (broad SMARTS) is 1. The Labute approximate surface area is 80.7 Å². The quantitative estimate of drug-likeness (QED) is 0.462. The predicted molar refractivity (Wildman–Crippen MR) is 51.0 cm³/mol. The van der Waals surface area contributed by atoms with Crippen LogP contribution in [-0.2, 0) is 4.79 Å². The van der Waals surface area contributed by atoms with E-state index < -0.39 is 5.97 Å². The number of quaternary nitrogens is 1. The van der Waals surface area contributed by atoms with Crippen LogP contribution in [0.25, 0.3) is 0 Å². The number of aliphatic carboxylic acids is 1. The Hall–Kier alpha value is -0.540. The molecule has 3 nitrogen and oxygen atoms in total. The van der Waals surface area contributed by atoms with E-state index in [2.05, 4.69) is 34.6 Å². The smallest absolute Gasteiger partial charge is 0.0751 e. The third-order valence-corrected chi connectivity index (χ3v) is 1.12. The Morgan fingerprint density at radius 1 is 1.50 bits per heavy atom. The Balaban J connectivity index is -0.000000126. The van der Waals surface area contributed by atoms with E-state index in [1.54, 1.807) is 0 Å². The molecule has 0 rings (SSSR count). The standard InChI is InChI=1S/C5H14N.C3H4O2.ClH/c1-5-6(2,3)4;1-2-3(4)5;/h5H2,1-4H3;2H,1H2,(H,4,5);1H/q+1;;/p-1. The molecule has 0 saturated carbocycles. The predicted octanol–water partition coefficient (Wildman–Crippen LogP) is 0.0566. The highest BCUT2D eigenvalue weighted by Gasteiger charge is 1.97. The molecule has 0 unspecified atom stereocenters. The van der Waals surface area contributed by atoms with E-state index in [0.717, 1.165) is 10.6 Å². The number of hydrogen-bond acceptors (Lipinski definition) is 2. The Kier molecular flexibility index (Phi) is 12.5. The lowest BCUT2D eigenvalue weighted by molar-refractivity contribution is -0.868. The molecule has 0 amide bonds. The van der Waals surface area contributed by atoms with Crippen LogP contribution in [0, 0.1) is 0 Å². The van der Waals surface area contributed by atoms with E-state index in [0.29, 0.717) is 0 Å². The van der Waals surface area contributed by atoms with Crippen molar-refractivity contribution < 1.29 is 14.4 Å². The van der Waals surface area contributed by atoms with Gasteiger partial charge in [-0.15, -0.1) is 12.4 Å². The summed E-state index contributed by atoms with van der Waals surface area (Å²) in [5, 5.41) is 9.14. The van der Waals surface area contributed by atoms with E-state index in [1.165, 1.54) is 6.54 Å². The van der Waals surface area contributed by atoms with Gasteiger partial charge in [-0.1, -0.05) is 6.58 Å². The third-order valence-electron chi connectivity index (χ3n) is 1.12. The zero-order valence-corrected chi connectivity index (χ0v) is 8.98. The van der Waals surface area contributed by atoms with Gasteiger partial charge in [0.25, 0.3) is 0 Å². The summed E-state index contributed by atoms with van der Waals surface area (Å²) < 4.78 is 1.07. The molecule has 74 valence electrons. The van der Waals surface area contributed by atoms with Gasteiger partial charge in [0.2, 0.25) is 0 Å². The van der Waals surface area contributed by atoms with Crippen LogP contribution in [0.15, 0.2) is 12.7 Å². The van der Waals surface area contributed by atoms with Crippen LogP contribution in [0.2, 0.25) is 0 Å². The number of hydrogen-bond donors (Lipinski definition) is 0. The number of carbonyl (C=O) groups excluding carboxylic acids is 1. The number of carbonyl (C=O) groups is 1. The SMILES string of the molecule is C=CC(=O)[O-].CC[N+](C)(C)C.Cl. The van der Waals surface area contributed by atoms with Crippen molar-refractivity contribution in [2.24, 2.45) is 0 Å². The molecule has 0 aromatic rings. The summed E-state index contributed by atoms with van der Waals surface area (Å²) in [6.07, 6.45) is 0.722. The first-order chi connectivity index (χ1) is 4.83. The van der Waals surface area contributed by atoms with Gasteiger partial charge in [-0.3, -0.25) is 0 Å². The second-order valence-corrected chi connectivity index (χ2v) is 3.13. The molecule has 0 spiro atoms. The van der Waals surface area contributed by atoms with E-state index >= 15 is 0 Å². The topological polar surface area (TPSA) is 40.1 Å². The molecule has 0 heterocycles. The lowest BCUT2D eigenvalue weighted by atomic mass is 10.6. The summed E-state index contributed by atoms with van der Waals surface area (Å²) in [6, 6.07) is 0. The minimum absolute atomic E-state index is 0. The highest BCUT2D eigenvalue weighted by molar-refractivity contribution is 5.85. The Bertz CT molecular complexity index is 130. The number of halogens is 1. The average Bonchev–Trinajstić information content (AvgIpc) is 1.88. The van der Waals surface area contributed by atoms with Crippen molar-refractivity contribution in [1.82, 2.24) is 0 Å². The fourth-order valence-corrected chi connectivity index (χ4v) is 0. The van der Waals surface area contributed by atoms with Crippen LogP contribution in [-0.4, -0.2) is 38.1 Å². The molecule has 0 saturated heterocycles. The fraction of sp³-hybridized carbons (Fsp3) is 0.625. The summed E-state index contributed by atoms with van der Waals surface area (Å²) in [4.78, 5) is 9.14. The van der Waals surface area contributed by atoms with Crippen molar-refractivity contribution in [3.05, 3.63) is 12.7 Å². The van der Waals surface area contributed by atoms with Gasteiger partial charge in [0.1, 0.15) is 0 Å². The minimum Gasteiger partial charge on any atom is -0.545 e. The molecular weight excluding hydrogens is 178 g/mol. The average molecular weight is 196 g/mol. The fourth-order valence-electron chi connectivity index (χ4n) is 0. The van der Waals surface area contributed by atoms with Crippen LogP contribution < -0.4 is 5.11 Å². The first-order valence-electron chi connectivity index (χ1n) is 3.47. The highest BCUT2D eigenvalue weighted by atomic mass is 35.5. The largest absolute Gasteiger partial charge is 0.545 e. The Morgan fingerprint density at radius 3 is 1.67 bits per heavy atom. The summed E-state index contributed by atoms with van der Waals surface area (Å²) >= 11 is 0. The van der Waals surface area contributed by atoms with Gasteiger partial charge < -0.3 is 14.4 Å². The molecule has 0 aliphatic heterocycles. The van der Waals surface area contributed by atoms with Crippen molar-refractivity contribution in [3.63, 3.8) is 0 Å². The molecular formula is C8H18ClNO2. The third kappa shape index (κ3) is 34.0. The van der Waals surface area contributed by atoms with Gasteiger partial charge in [-0.05, 0) is 13.0 Å². The molecule has 0 aromatic carbocycles. The summed E-state index contributed by atoms with van der Waals surface area (Å²) in [6.45, 7) is 6.29. The zero-order chi connectivity index (χ0) is 9.49. The molecule has 4 heteroatoms. The van der Waals surface area contributed by atoms with E-state index in [4.69, 9.17) is 9.90 Å². The van der Waals surface area contributed by atoms with Crippen LogP contribution in [0.5, 0.6) is 0 Å². The van der Waals surface area contributed by atoms with Crippen molar-refractivity contribution in [1.29, 1.82) is 0 Å². The van der Waals surface area contributed by atoms with Gasteiger partial charge >= 0.3 is 0 Å². The molecule has 0 N–H and O–H groups in total. The molecule has 0 bridgehead atoms. The van der Waals surface area contributed by atoms with Crippen molar-refractivity contribution in [3.8, 4) is 0 Å². The van der Waals surface area contributed by atoms with Gasteiger partial charge in [0, 0.05) is 0 Å². The molecule has 0 fully saturated rings.